The lowest BCUT2D eigenvalue weighted by atomic mass is 10.3. The van der Waals surface area contributed by atoms with Crippen LogP contribution in [0.3, 0.4) is 0 Å². The van der Waals surface area contributed by atoms with Crippen molar-refractivity contribution in [1.82, 2.24) is 20.0 Å². The van der Waals surface area contributed by atoms with Crippen LogP contribution >= 0.6 is 11.6 Å². The summed E-state index contributed by atoms with van der Waals surface area (Å²) < 4.78 is 28.3. The predicted molar refractivity (Wildman–Crippen MR) is 106 cm³/mol. The first kappa shape index (κ1) is 21.1. The van der Waals surface area contributed by atoms with E-state index in [2.05, 4.69) is 25.3 Å². The summed E-state index contributed by atoms with van der Waals surface area (Å²) in [4.78, 5) is 22.0. The first-order valence-electron chi connectivity index (χ1n) is 8.33. The zero-order chi connectivity index (χ0) is 21.7. The van der Waals surface area contributed by atoms with E-state index in [0.29, 0.717) is 5.69 Å². The highest BCUT2D eigenvalue weighted by atomic mass is 35.5. The molecular weight excluding hydrogens is 438 g/mol. The van der Waals surface area contributed by atoms with E-state index in [-0.39, 0.29) is 40.6 Å². The van der Waals surface area contributed by atoms with Gasteiger partial charge in [-0.25, -0.2) is 8.42 Å². The van der Waals surface area contributed by atoms with E-state index >= 15 is 0 Å². The lowest BCUT2D eigenvalue weighted by molar-refractivity contribution is -0.389. The number of amides is 1. The molecule has 0 bridgehead atoms. The molecule has 3 aromatic rings. The van der Waals surface area contributed by atoms with Crippen LogP contribution < -0.4 is 10.0 Å². The summed E-state index contributed by atoms with van der Waals surface area (Å²) in [7, 11) is -3.90. The quantitative estimate of drug-likeness (QED) is 0.388. The van der Waals surface area contributed by atoms with Gasteiger partial charge in [-0.05, 0) is 41.3 Å². The number of hydrogen-bond acceptors (Lipinski definition) is 8. The summed E-state index contributed by atoms with van der Waals surface area (Å²) in [6, 6.07) is 9.50. The Morgan fingerprint density at radius 3 is 2.47 bits per heavy atom. The number of nitrogens with zero attached hydrogens (tertiary/aromatic N) is 5. The van der Waals surface area contributed by atoms with Crippen LogP contribution in [0.15, 0.2) is 53.6 Å². The van der Waals surface area contributed by atoms with Gasteiger partial charge in [0.15, 0.2) is 11.0 Å². The Morgan fingerprint density at radius 1 is 1.13 bits per heavy atom. The minimum atomic E-state index is -3.90. The number of aromatic nitrogens is 4. The number of hydrogen-bond donors (Lipinski definition) is 2. The Kier molecular flexibility index (Phi) is 6.23. The standard InChI is InChI=1S/C16H14ClN7O5S/c17-13-5-6-14(20-19-13)22-30(28,29)12-3-1-11(2-4-12)18-16(25)8-10-23-9-7-15(21-23)24(26)27/h1-7,9H,8,10H2,(H,18,25)(H,20,22). The summed E-state index contributed by atoms with van der Waals surface area (Å²) in [6.07, 6.45) is 1.43. The van der Waals surface area contributed by atoms with Gasteiger partial charge in [0.2, 0.25) is 5.91 Å². The molecule has 0 spiro atoms. The van der Waals surface area contributed by atoms with Gasteiger partial charge in [0.05, 0.1) is 28.8 Å². The third-order valence-electron chi connectivity index (χ3n) is 3.70. The molecule has 30 heavy (non-hydrogen) atoms. The molecule has 14 heteroatoms. The largest absolute Gasteiger partial charge is 0.389 e. The number of carbonyl (C=O) groups is 1. The van der Waals surface area contributed by atoms with Gasteiger partial charge in [-0.2, -0.15) is 4.68 Å². The van der Waals surface area contributed by atoms with Crippen LogP contribution in [0.25, 0.3) is 0 Å². The van der Waals surface area contributed by atoms with Crippen molar-refractivity contribution in [3.63, 3.8) is 0 Å². The summed E-state index contributed by atoms with van der Waals surface area (Å²) in [6.45, 7) is 0.151. The molecule has 0 fully saturated rings. The van der Waals surface area contributed by atoms with Crippen LogP contribution in [-0.4, -0.2) is 39.2 Å². The summed E-state index contributed by atoms with van der Waals surface area (Å²) in [5.41, 5.74) is 0.386. The Balaban J connectivity index is 1.57. The van der Waals surface area contributed by atoms with Crippen LogP contribution in [0, 0.1) is 10.1 Å². The molecule has 2 aromatic heterocycles. The van der Waals surface area contributed by atoms with Crippen molar-refractivity contribution in [2.75, 3.05) is 10.0 Å². The molecule has 156 valence electrons. The van der Waals surface area contributed by atoms with Crippen molar-refractivity contribution in [3.05, 3.63) is 63.9 Å². The van der Waals surface area contributed by atoms with Gasteiger partial charge in [0.1, 0.15) is 0 Å². The van der Waals surface area contributed by atoms with Crippen molar-refractivity contribution in [1.29, 1.82) is 0 Å². The van der Waals surface area contributed by atoms with Crippen LogP contribution in [0.1, 0.15) is 6.42 Å². The van der Waals surface area contributed by atoms with E-state index in [1.165, 1.54) is 53.3 Å². The molecule has 0 saturated heterocycles. The van der Waals surface area contributed by atoms with Gasteiger partial charge < -0.3 is 15.4 Å². The number of nitrogens with one attached hydrogen (secondary N) is 2. The third-order valence-corrected chi connectivity index (χ3v) is 5.27. The molecule has 3 rings (SSSR count). The lowest BCUT2D eigenvalue weighted by Gasteiger charge is -2.08. The zero-order valence-corrected chi connectivity index (χ0v) is 16.7. The first-order chi connectivity index (χ1) is 14.2. The molecule has 2 heterocycles. The smallest absolute Gasteiger partial charge is 0.358 e. The fourth-order valence-corrected chi connectivity index (χ4v) is 3.39. The summed E-state index contributed by atoms with van der Waals surface area (Å²) in [5.74, 6) is -0.653. The molecule has 0 saturated carbocycles. The number of benzene rings is 1. The molecule has 1 amide bonds. The highest BCUT2D eigenvalue weighted by molar-refractivity contribution is 7.92. The van der Waals surface area contributed by atoms with Crippen LogP contribution in [0.2, 0.25) is 5.15 Å². The van der Waals surface area contributed by atoms with Crippen molar-refractivity contribution >= 4 is 44.9 Å². The van der Waals surface area contributed by atoms with E-state index in [0.717, 1.165) is 0 Å². The van der Waals surface area contributed by atoms with Crippen molar-refractivity contribution in [2.24, 2.45) is 0 Å². The Hall–Kier alpha value is -3.58. The lowest BCUT2D eigenvalue weighted by Crippen LogP contribution is -2.16. The van der Waals surface area contributed by atoms with Crippen LogP contribution in [0.5, 0.6) is 0 Å². The average molecular weight is 452 g/mol. The molecule has 1 aromatic carbocycles. The topological polar surface area (TPSA) is 162 Å². The van der Waals surface area contributed by atoms with Gasteiger partial charge in [-0.3, -0.25) is 9.52 Å². The Bertz CT molecular complexity index is 1160. The van der Waals surface area contributed by atoms with Crippen molar-refractivity contribution < 1.29 is 18.1 Å². The minimum absolute atomic E-state index is 0.00985. The fraction of sp³-hybridized carbons (Fsp3) is 0.125. The molecule has 0 aliphatic carbocycles. The zero-order valence-electron chi connectivity index (χ0n) is 15.1. The molecule has 0 aliphatic rings. The maximum Gasteiger partial charge on any atom is 0.389 e. The first-order valence-corrected chi connectivity index (χ1v) is 10.2. The van der Waals surface area contributed by atoms with Gasteiger partial charge in [0, 0.05) is 12.1 Å². The maximum atomic E-state index is 12.4. The summed E-state index contributed by atoms with van der Waals surface area (Å²) in [5, 5.41) is 24.2. The van der Waals surface area contributed by atoms with E-state index in [1.54, 1.807) is 0 Å². The molecule has 12 nitrogen and oxygen atoms in total. The normalized spacial score (nSPS) is 11.1. The van der Waals surface area contributed by atoms with Crippen molar-refractivity contribution in [3.8, 4) is 0 Å². The number of aryl methyl sites for hydroxylation is 1. The minimum Gasteiger partial charge on any atom is -0.358 e. The second-order valence-electron chi connectivity index (χ2n) is 5.86. The van der Waals surface area contributed by atoms with E-state index in [4.69, 9.17) is 11.6 Å². The monoisotopic (exact) mass is 451 g/mol. The molecule has 2 N–H and O–H groups in total. The van der Waals surface area contributed by atoms with Gasteiger partial charge in [-0.15, -0.1) is 10.2 Å². The van der Waals surface area contributed by atoms with Gasteiger partial charge in [0.25, 0.3) is 10.0 Å². The van der Waals surface area contributed by atoms with Crippen LogP contribution in [-0.2, 0) is 21.4 Å². The molecular formula is C16H14ClN7O5S. The second kappa shape index (κ2) is 8.84. The van der Waals surface area contributed by atoms with E-state index in [1.807, 2.05) is 0 Å². The highest BCUT2D eigenvalue weighted by Crippen LogP contribution is 2.18. The number of rotatable bonds is 8. The van der Waals surface area contributed by atoms with Gasteiger partial charge >= 0.3 is 5.82 Å². The maximum absolute atomic E-state index is 12.4. The van der Waals surface area contributed by atoms with Crippen molar-refractivity contribution in [2.45, 2.75) is 17.9 Å². The molecule has 0 unspecified atom stereocenters. The number of halogens is 1. The summed E-state index contributed by atoms with van der Waals surface area (Å²) >= 11 is 5.61. The SMILES string of the molecule is O=C(CCn1ccc([N+](=O)[O-])n1)Nc1ccc(S(=O)(=O)Nc2ccc(Cl)nn2)cc1. The number of anilines is 2. The molecule has 0 radical (unpaired) electrons. The third kappa shape index (κ3) is 5.48. The number of carbonyl (C=O) groups excluding carboxylic acids is 1. The average Bonchev–Trinajstić information content (AvgIpc) is 3.18. The fourth-order valence-electron chi connectivity index (χ4n) is 2.30. The Labute approximate surface area is 175 Å². The second-order valence-corrected chi connectivity index (χ2v) is 7.93. The Morgan fingerprint density at radius 2 is 1.87 bits per heavy atom. The van der Waals surface area contributed by atoms with E-state index in [9.17, 15) is 23.3 Å². The van der Waals surface area contributed by atoms with Crippen LogP contribution in [0.4, 0.5) is 17.3 Å². The van der Waals surface area contributed by atoms with E-state index < -0.39 is 14.9 Å². The van der Waals surface area contributed by atoms with Gasteiger partial charge in [-0.1, -0.05) is 11.6 Å². The molecule has 0 aliphatic heterocycles. The molecule has 0 atom stereocenters. The number of sulfonamides is 1. The highest BCUT2D eigenvalue weighted by Gasteiger charge is 2.16. The predicted octanol–water partition coefficient (Wildman–Crippen LogP) is 2.06. The number of nitro groups is 1.